The Morgan fingerprint density at radius 3 is 2.22 bits per heavy atom. The number of hydrogen-bond acceptors (Lipinski definition) is 4. The minimum Gasteiger partial charge on any atom is -0.398 e. The van der Waals surface area contributed by atoms with Gasteiger partial charge in [-0.05, 0) is 48.9 Å². The third kappa shape index (κ3) is 5.58. The van der Waals surface area contributed by atoms with Crippen LogP contribution in [-0.4, -0.2) is 48.3 Å². The Bertz CT molecular complexity index is 771. The fourth-order valence-electron chi connectivity index (χ4n) is 3.40. The second-order valence-corrected chi connectivity index (χ2v) is 7.00. The molecule has 1 saturated heterocycles. The monoisotopic (exact) mass is 373 g/mol. The Kier molecular flexibility index (Phi) is 6.53. The van der Waals surface area contributed by atoms with Gasteiger partial charge in [0.05, 0.1) is 0 Å². The molecule has 0 saturated carbocycles. The molecule has 6 heteroatoms. The molecule has 0 aliphatic carbocycles. The average Bonchev–Trinajstić information content (AvgIpc) is 2.65. The third-order valence-corrected chi connectivity index (χ3v) is 4.98. The molecular formula is C21H25F2N3O. The zero-order chi connectivity index (χ0) is 19.2. The summed E-state index contributed by atoms with van der Waals surface area (Å²) in [6.07, 6.45) is 1.17. The molecule has 27 heavy (non-hydrogen) atoms. The molecule has 1 heterocycles. The van der Waals surface area contributed by atoms with Crippen LogP contribution in [0.4, 0.5) is 14.5 Å². The Balaban J connectivity index is 1.38. The molecule has 0 atom stereocenters. The zero-order valence-corrected chi connectivity index (χ0v) is 15.3. The van der Waals surface area contributed by atoms with Crippen molar-refractivity contribution in [1.82, 2.24) is 9.80 Å². The number of nitrogens with zero attached hydrogens (tertiary/aromatic N) is 2. The summed E-state index contributed by atoms with van der Waals surface area (Å²) < 4.78 is 26.0. The molecule has 1 aliphatic heterocycles. The molecule has 0 unspecified atom stereocenters. The fourth-order valence-corrected chi connectivity index (χ4v) is 3.40. The van der Waals surface area contributed by atoms with Gasteiger partial charge in [0.15, 0.2) is 5.78 Å². The van der Waals surface area contributed by atoms with Crippen molar-refractivity contribution in [3.05, 3.63) is 65.2 Å². The summed E-state index contributed by atoms with van der Waals surface area (Å²) in [6.45, 7) is 5.50. The van der Waals surface area contributed by atoms with Crippen LogP contribution in [-0.2, 0) is 6.54 Å². The molecule has 144 valence electrons. The molecule has 4 nitrogen and oxygen atoms in total. The SMILES string of the molecule is Nc1cc(F)ccc1C(=O)CCCN1CCN(Cc2ccc(F)cc2)CC1. The van der Waals surface area contributed by atoms with Crippen LogP contribution in [0.1, 0.15) is 28.8 Å². The van der Waals surface area contributed by atoms with Crippen molar-refractivity contribution in [3.8, 4) is 0 Å². The fraction of sp³-hybridized carbons (Fsp3) is 0.381. The number of nitrogen functional groups attached to an aromatic ring is 1. The van der Waals surface area contributed by atoms with E-state index in [0.29, 0.717) is 12.0 Å². The van der Waals surface area contributed by atoms with Crippen LogP contribution in [0.5, 0.6) is 0 Å². The van der Waals surface area contributed by atoms with E-state index in [0.717, 1.165) is 51.3 Å². The van der Waals surface area contributed by atoms with Crippen LogP contribution >= 0.6 is 0 Å². The van der Waals surface area contributed by atoms with Crippen molar-refractivity contribution < 1.29 is 13.6 Å². The van der Waals surface area contributed by atoms with Crippen molar-refractivity contribution in [2.45, 2.75) is 19.4 Å². The predicted molar refractivity (Wildman–Crippen MR) is 102 cm³/mol. The number of carbonyl (C=O) groups excluding carboxylic acids is 1. The van der Waals surface area contributed by atoms with Crippen molar-refractivity contribution in [3.63, 3.8) is 0 Å². The Labute approximate surface area is 158 Å². The first kappa shape index (κ1) is 19.5. The molecular weight excluding hydrogens is 348 g/mol. The van der Waals surface area contributed by atoms with E-state index in [9.17, 15) is 13.6 Å². The largest absolute Gasteiger partial charge is 0.398 e. The van der Waals surface area contributed by atoms with E-state index in [2.05, 4.69) is 9.80 Å². The molecule has 0 aromatic heterocycles. The number of ketones is 1. The Morgan fingerprint density at radius 1 is 0.926 bits per heavy atom. The lowest BCUT2D eigenvalue weighted by molar-refractivity contribution is 0.0960. The van der Waals surface area contributed by atoms with Crippen molar-refractivity contribution in [1.29, 1.82) is 0 Å². The topological polar surface area (TPSA) is 49.6 Å². The predicted octanol–water partition coefficient (Wildman–Crippen LogP) is 3.33. The van der Waals surface area contributed by atoms with Crippen LogP contribution < -0.4 is 5.73 Å². The van der Waals surface area contributed by atoms with E-state index in [-0.39, 0.29) is 17.3 Å². The number of hydrogen-bond donors (Lipinski definition) is 1. The van der Waals surface area contributed by atoms with Crippen LogP contribution in [0.25, 0.3) is 0 Å². The van der Waals surface area contributed by atoms with Crippen LogP contribution in [0, 0.1) is 11.6 Å². The number of carbonyl (C=O) groups is 1. The van der Waals surface area contributed by atoms with Crippen molar-refractivity contribution in [2.24, 2.45) is 0 Å². The first-order chi connectivity index (χ1) is 13.0. The number of rotatable bonds is 7. The molecule has 2 aromatic rings. The van der Waals surface area contributed by atoms with E-state index >= 15 is 0 Å². The van der Waals surface area contributed by atoms with Gasteiger partial charge in [-0.15, -0.1) is 0 Å². The second-order valence-electron chi connectivity index (χ2n) is 7.00. The average molecular weight is 373 g/mol. The minimum atomic E-state index is -0.428. The van der Waals surface area contributed by atoms with Gasteiger partial charge < -0.3 is 10.6 Å². The van der Waals surface area contributed by atoms with E-state index in [1.54, 1.807) is 0 Å². The van der Waals surface area contributed by atoms with Gasteiger partial charge >= 0.3 is 0 Å². The van der Waals surface area contributed by atoms with Gasteiger partial charge in [-0.25, -0.2) is 8.78 Å². The number of halogens is 2. The van der Waals surface area contributed by atoms with Gasteiger partial charge in [-0.1, -0.05) is 12.1 Å². The van der Waals surface area contributed by atoms with E-state index in [4.69, 9.17) is 5.73 Å². The zero-order valence-electron chi connectivity index (χ0n) is 15.3. The lowest BCUT2D eigenvalue weighted by Gasteiger charge is -2.34. The maximum absolute atomic E-state index is 13.1. The summed E-state index contributed by atoms with van der Waals surface area (Å²) in [7, 11) is 0. The van der Waals surface area contributed by atoms with E-state index in [1.807, 2.05) is 12.1 Å². The maximum Gasteiger partial charge on any atom is 0.164 e. The number of nitrogens with two attached hydrogens (primary N) is 1. The van der Waals surface area contributed by atoms with Gasteiger partial charge in [0, 0.05) is 50.4 Å². The summed E-state index contributed by atoms with van der Waals surface area (Å²) in [5, 5.41) is 0. The molecule has 1 aliphatic rings. The molecule has 3 rings (SSSR count). The summed E-state index contributed by atoms with van der Waals surface area (Å²) in [5.74, 6) is -0.675. The quantitative estimate of drug-likeness (QED) is 0.597. The highest BCUT2D eigenvalue weighted by atomic mass is 19.1. The molecule has 2 N–H and O–H groups in total. The summed E-state index contributed by atoms with van der Waals surface area (Å²) in [6, 6.07) is 10.6. The number of Topliss-reactive ketones (excluding diaryl/α,β-unsaturated/α-hetero) is 1. The lowest BCUT2D eigenvalue weighted by atomic mass is 10.0. The van der Waals surface area contributed by atoms with E-state index in [1.165, 1.54) is 30.3 Å². The second kappa shape index (κ2) is 9.06. The van der Waals surface area contributed by atoms with Crippen molar-refractivity contribution in [2.75, 3.05) is 38.5 Å². The summed E-state index contributed by atoms with van der Waals surface area (Å²) >= 11 is 0. The first-order valence-electron chi connectivity index (χ1n) is 9.28. The third-order valence-electron chi connectivity index (χ3n) is 4.98. The number of piperazine rings is 1. The molecule has 0 amide bonds. The summed E-state index contributed by atoms with van der Waals surface area (Å²) in [4.78, 5) is 16.9. The van der Waals surface area contributed by atoms with Crippen LogP contribution in [0.2, 0.25) is 0 Å². The standard InChI is InChI=1S/C21H25F2N3O/c22-17-5-3-16(4-6-17)15-26-12-10-25(11-13-26)9-1-2-21(27)19-8-7-18(23)14-20(19)24/h3-8,14H,1-2,9-13,15,24H2. The van der Waals surface area contributed by atoms with Gasteiger partial charge in [0.2, 0.25) is 0 Å². The van der Waals surface area contributed by atoms with Crippen molar-refractivity contribution >= 4 is 11.5 Å². The first-order valence-corrected chi connectivity index (χ1v) is 9.28. The highest BCUT2D eigenvalue weighted by molar-refractivity contribution is 6.00. The van der Waals surface area contributed by atoms with Gasteiger partial charge in [-0.2, -0.15) is 0 Å². The normalized spacial score (nSPS) is 15.8. The molecule has 1 fully saturated rings. The molecule has 0 spiro atoms. The summed E-state index contributed by atoms with van der Waals surface area (Å²) in [5.41, 5.74) is 7.45. The van der Waals surface area contributed by atoms with Gasteiger partial charge in [0.1, 0.15) is 11.6 Å². The van der Waals surface area contributed by atoms with Crippen LogP contribution in [0.15, 0.2) is 42.5 Å². The number of anilines is 1. The smallest absolute Gasteiger partial charge is 0.164 e. The molecule has 0 bridgehead atoms. The lowest BCUT2D eigenvalue weighted by Crippen LogP contribution is -2.46. The van der Waals surface area contributed by atoms with Crippen LogP contribution in [0.3, 0.4) is 0 Å². The number of benzene rings is 2. The van der Waals surface area contributed by atoms with Gasteiger partial charge in [-0.3, -0.25) is 9.69 Å². The molecule has 0 radical (unpaired) electrons. The maximum atomic E-state index is 13.1. The molecule has 2 aromatic carbocycles. The highest BCUT2D eigenvalue weighted by Crippen LogP contribution is 2.17. The minimum absolute atomic E-state index is 0.0394. The van der Waals surface area contributed by atoms with E-state index < -0.39 is 5.82 Å². The highest BCUT2D eigenvalue weighted by Gasteiger charge is 2.17. The van der Waals surface area contributed by atoms with Gasteiger partial charge in [0.25, 0.3) is 0 Å². The Morgan fingerprint density at radius 2 is 1.56 bits per heavy atom. The Hall–Kier alpha value is -2.31.